The number of amides is 2. The number of aromatic nitrogens is 5. The van der Waals surface area contributed by atoms with Gasteiger partial charge in [0.2, 0.25) is 5.88 Å². The molecular formula is C34H40N10O5S. The zero-order chi connectivity index (χ0) is 34.6. The van der Waals surface area contributed by atoms with Crippen LogP contribution in [0.15, 0.2) is 22.9 Å². The van der Waals surface area contributed by atoms with Crippen LogP contribution in [-0.2, 0) is 27.7 Å². The fraction of sp³-hybridized carbons (Fsp3) is 0.529. The number of hydrogen-bond acceptors (Lipinski definition) is 13. The van der Waals surface area contributed by atoms with Gasteiger partial charge in [0.1, 0.15) is 17.2 Å². The van der Waals surface area contributed by atoms with Gasteiger partial charge < -0.3 is 29.8 Å². The van der Waals surface area contributed by atoms with Crippen molar-refractivity contribution < 1.29 is 23.5 Å². The van der Waals surface area contributed by atoms with E-state index in [2.05, 4.69) is 31.9 Å². The van der Waals surface area contributed by atoms with Crippen molar-refractivity contribution in [2.75, 3.05) is 45.0 Å². The lowest BCUT2D eigenvalue weighted by molar-refractivity contribution is -0.108. The van der Waals surface area contributed by atoms with Gasteiger partial charge in [-0.2, -0.15) is 10.2 Å². The van der Waals surface area contributed by atoms with Gasteiger partial charge in [-0.3, -0.25) is 10.2 Å². The molecule has 1 spiro atoms. The van der Waals surface area contributed by atoms with Crippen molar-refractivity contribution in [2.24, 2.45) is 0 Å². The first-order valence-electron chi connectivity index (χ1n) is 17.1. The third-order valence-corrected chi connectivity index (χ3v) is 11.6. The summed E-state index contributed by atoms with van der Waals surface area (Å²) in [5.41, 5.74) is 8.91. The first-order valence-corrected chi connectivity index (χ1v) is 17.9. The van der Waals surface area contributed by atoms with Crippen LogP contribution in [0.3, 0.4) is 0 Å². The van der Waals surface area contributed by atoms with Gasteiger partial charge >= 0.3 is 6.03 Å². The molecule has 4 aromatic rings. The zero-order valence-corrected chi connectivity index (χ0v) is 29.1. The highest BCUT2D eigenvalue weighted by Crippen LogP contribution is 2.55. The van der Waals surface area contributed by atoms with Crippen LogP contribution in [0.1, 0.15) is 66.4 Å². The minimum Gasteiger partial charge on any atom is -0.473 e. The summed E-state index contributed by atoms with van der Waals surface area (Å²) in [6, 6.07) is 5.45. The summed E-state index contributed by atoms with van der Waals surface area (Å²) in [6.07, 6.45) is 7.44. The maximum Gasteiger partial charge on any atom is 0.320 e. The van der Waals surface area contributed by atoms with E-state index >= 15 is 0 Å². The number of methoxy groups -OCH3 is 1. The zero-order valence-electron chi connectivity index (χ0n) is 28.3. The number of hydrogen-bond donors (Lipinski definition) is 3. The van der Waals surface area contributed by atoms with Gasteiger partial charge in [-0.05, 0) is 64.5 Å². The second-order valence-corrected chi connectivity index (χ2v) is 14.7. The number of nitrogens with zero attached hydrogens (tertiary/aromatic N) is 7. The summed E-state index contributed by atoms with van der Waals surface area (Å²) < 4.78 is 25.3. The first kappa shape index (κ1) is 32.6. The maximum absolute atomic E-state index is 12.6. The number of nitrogens with two attached hydrogens (primary N) is 1. The Morgan fingerprint density at radius 3 is 2.88 bits per heavy atom. The molecule has 4 aliphatic rings. The van der Waals surface area contributed by atoms with Crippen molar-refractivity contribution in [3.63, 3.8) is 0 Å². The maximum atomic E-state index is 12.6. The Hall–Kier alpha value is -4.56. The first-order chi connectivity index (χ1) is 24.3. The average Bonchev–Trinajstić information content (AvgIpc) is 3.91. The van der Waals surface area contributed by atoms with Crippen LogP contribution >= 0.6 is 11.3 Å². The second-order valence-electron chi connectivity index (χ2n) is 13.6. The van der Waals surface area contributed by atoms with E-state index in [1.807, 2.05) is 14.0 Å². The molecule has 0 radical (unpaired) electrons. The standard InChI is InChI=1S/C34H40N10O5S/c1-18(29-22(46-3)16-43(29)2)48-26-14-25(44-12-8-24(41-44)38-33(45)37-19-9-13-47-17-19)39-32(40-26)28-20-6-4-10-34(30(20)49-42-28)11-5-7-23-27(34)21(15-35)31(36)50-23/h8,12,14,18-19,22,29H,4-7,9-11,13,16-17,36H2,1-3H3,(H2,37,38,41,45)/t18-,19-,22-,29+,34?/m0/s1. The number of carbonyl (C=O) groups excluding carboxylic acids is 1. The number of rotatable bonds is 8. The lowest BCUT2D eigenvalue weighted by Gasteiger charge is -2.47. The van der Waals surface area contributed by atoms with Gasteiger partial charge in [0.15, 0.2) is 28.9 Å². The van der Waals surface area contributed by atoms with Crippen LogP contribution in [0.25, 0.3) is 17.3 Å². The quantitative estimate of drug-likeness (QED) is 0.241. The van der Waals surface area contributed by atoms with E-state index in [1.54, 1.807) is 30.1 Å². The Bertz CT molecular complexity index is 1960. The number of thiophene rings is 1. The molecule has 8 rings (SSSR count). The second kappa shape index (κ2) is 13.0. The van der Waals surface area contributed by atoms with Crippen molar-refractivity contribution in [1.82, 2.24) is 35.1 Å². The molecule has 2 amide bonds. The summed E-state index contributed by atoms with van der Waals surface area (Å²) in [4.78, 5) is 25.8. The number of likely N-dealkylation sites (N-methyl/N-ethyl adjacent to an activating group) is 1. The third-order valence-electron chi connectivity index (χ3n) is 10.5. The molecule has 1 unspecified atom stereocenters. The van der Waals surface area contributed by atoms with Crippen molar-refractivity contribution >= 4 is 28.2 Å². The van der Waals surface area contributed by atoms with Crippen molar-refractivity contribution in [3.05, 3.63) is 45.7 Å². The van der Waals surface area contributed by atoms with Gasteiger partial charge in [0, 0.05) is 49.0 Å². The molecule has 5 atom stereocenters. The van der Waals surface area contributed by atoms with E-state index in [1.165, 1.54) is 11.3 Å². The fourth-order valence-electron chi connectivity index (χ4n) is 8.21. The number of ether oxygens (including phenoxy) is 3. The lowest BCUT2D eigenvalue weighted by Crippen LogP contribution is -2.64. The monoisotopic (exact) mass is 700 g/mol. The highest BCUT2D eigenvalue weighted by Gasteiger charge is 2.49. The van der Waals surface area contributed by atoms with Gasteiger partial charge in [0.05, 0.1) is 35.8 Å². The molecule has 2 saturated heterocycles. The number of aryl methyl sites for hydroxylation is 1. The largest absolute Gasteiger partial charge is 0.473 e. The summed E-state index contributed by atoms with van der Waals surface area (Å²) in [6.45, 7) is 3.93. The molecule has 6 heterocycles. The molecule has 16 heteroatoms. The van der Waals surface area contributed by atoms with E-state index in [0.29, 0.717) is 52.8 Å². The molecule has 0 bridgehead atoms. The summed E-state index contributed by atoms with van der Waals surface area (Å²) >= 11 is 1.51. The predicted octanol–water partition coefficient (Wildman–Crippen LogP) is 3.80. The topological polar surface area (TPSA) is 192 Å². The lowest BCUT2D eigenvalue weighted by atomic mass is 9.63. The Kier molecular flexibility index (Phi) is 8.46. The SMILES string of the molecule is CO[C@H]1CN(C)[C@@H]1[C@H](C)Oc1cc(-n2ccc(NC(=O)N[C@H]3CCOC3)n2)nc(-c2noc3c2CCCC32CCCc3sc(N)c(C#N)c32)n1. The highest BCUT2D eigenvalue weighted by molar-refractivity contribution is 7.16. The van der Waals surface area contributed by atoms with Gasteiger partial charge in [-0.25, -0.2) is 14.5 Å². The summed E-state index contributed by atoms with van der Waals surface area (Å²) in [5, 5.41) is 25.6. The van der Waals surface area contributed by atoms with Crippen LogP contribution in [0.5, 0.6) is 5.88 Å². The average molecular weight is 701 g/mol. The molecule has 15 nitrogen and oxygen atoms in total. The number of likely N-dealkylation sites (tertiary alicyclic amines) is 1. The number of nitrogen functional groups attached to an aromatic ring is 1. The smallest absolute Gasteiger partial charge is 0.320 e. The molecule has 50 heavy (non-hydrogen) atoms. The number of urea groups is 1. The van der Waals surface area contributed by atoms with Crippen LogP contribution in [0.4, 0.5) is 15.6 Å². The normalized spacial score (nSPS) is 25.0. The highest BCUT2D eigenvalue weighted by atomic mass is 32.1. The van der Waals surface area contributed by atoms with E-state index in [-0.39, 0.29) is 30.3 Å². The number of carbonyl (C=O) groups is 1. The number of anilines is 2. The van der Waals surface area contributed by atoms with Gasteiger partial charge in [0.25, 0.3) is 0 Å². The molecule has 262 valence electrons. The molecule has 0 saturated carbocycles. The fourth-order valence-corrected chi connectivity index (χ4v) is 9.37. The van der Waals surface area contributed by atoms with Gasteiger partial charge in [-0.15, -0.1) is 16.4 Å². The Labute approximate surface area is 293 Å². The predicted molar refractivity (Wildman–Crippen MR) is 183 cm³/mol. The van der Waals surface area contributed by atoms with Crippen LogP contribution < -0.4 is 21.1 Å². The van der Waals surface area contributed by atoms with Crippen LogP contribution in [0, 0.1) is 11.3 Å². The number of nitrogens with one attached hydrogen (secondary N) is 2. The Balaban J connectivity index is 1.16. The molecule has 2 aliphatic heterocycles. The molecule has 0 aromatic carbocycles. The summed E-state index contributed by atoms with van der Waals surface area (Å²) in [5.74, 6) is 2.23. The van der Waals surface area contributed by atoms with Crippen LogP contribution in [-0.4, -0.2) is 94.0 Å². The van der Waals surface area contributed by atoms with E-state index in [4.69, 9.17) is 34.4 Å². The van der Waals surface area contributed by atoms with Crippen molar-refractivity contribution in [2.45, 2.75) is 81.6 Å². The minimum atomic E-state index is -0.477. The van der Waals surface area contributed by atoms with E-state index < -0.39 is 5.41 Å². The number of fused-ring (bicyclic) bond motifs is 4. The third kappa shape index (κ3) is 5.58. The van der Waals surface area contributed by atoms with Crippen molar-refractivity contribution in [3.8, 4) is 29.3 Å². The Morgan fingerprint density at radius 2 is 2.12 bits per heavy atom. The van der Waals surface area contributed by atoms with Crippen molar-refractivity contribution in [1.29, 1.82) is 5.26 Å². The molecule has 4 N–H and O–H groups in total. The molecule has 2 fully saturated rings. The Morgan fingerprint density at radius 1 is 1.28 bits per heavy atom. The van der Waals surface area contributed by atoms with E-state index in [0.717, 1.165) is 73.3 Å². The van der Waals surface area contributed by atoms with Gasteiger partial charge in [-0.1, -0.05) is 5.16 Å². The molecular weight excluding hydrogens is 661 g/mol. The molecule has 2 aliphatic carbocycles. The molecule has 4 aromatic heterocycles. The van der Waals surface area contributed by atoms with Crippen LogP contribution in [0.2, 0.25) is 0 Å². The number of nitriles is 1. The minimum absolute atomic E-state index is 0.0352. The summed E-state index contributed by atoms with van der Waals surface area (Å²) in [7, 11) is 3.75. The van der Waals surface area contributed by atoms with E-state index in [9.17, 15) is 10.1 Å².